The van der Waals surface area contributed by atoms with Gasteiger partial charge in [-0.25, -0.2) is 9.78 Å². The van der Waals surface area contributed by atoms with Gasteiger partial charge in [0.15, 0.2) is 5.16 Å². The van der Waals surface area contributed by atoms with Gasteiger partial charge in [-0.2, -0.15) is 0 Å². The molecule has 2 aromatic rings. The minimum absolute atomic E-state index is 0.0862. The lowest BCUT2D eigenvalue weighted by Gasteiger charge is -2.06. The van der Waals surface area contributed by atoms with Gasteiger partial charge in [0.1, 0.15) is 4.90 Å². The molecule has 12 heteroatoms. The van der Waals surface area contributed by atoms with Gasteiger partial charge in [0.05, 0.1) is 21.5 Å². The van der Waals surface area contributed by atoms with Gasteiger partial charge in [-0.15, -0.1) is 0 Å². The number of rotatable bonds is 5. The lowest BCUT2D eigenvalue weighted by molar-refractivity contribution is -0.396. The topological polar surface area (TPSA) is 169 Å². The summed E-state index contributed by atoms with van der Waals surface area (Å²) in [5.41, 5.74) is -2.67. The SMILES string of the molecule is O=C(O)c1cc([N+](=O)[O-])cc([N+](=O)[O-])c1Sc1nccc(=O)[nH]1. The number of carboxylic acids is 1. The second-order valence-corrected chi connectivity index (χ2v) is 5.00. The number of carbonyl (C=O) groups is 1. The zero-order chi connectivity index (χ0) is 17.1. The number of hydrogen-bond acceptors (Lipinski definition) is 8. The van der Waals surface area contributed by atoms with Crippen molar-refractivity contribution in [2.75, 3.05) is 0 Å². The zero-order valence-corrected chi connectivity index (χ0v) is 11.8. The van der Waals surface area contributed by atoms with Gasteiger partial charge < -0.3 is 10.1 Å². The van der Waals surface area contributed by atoms with Crippen LogP contribution in [0.4, 0.5) is 11.4 Å². The highest BCUT2D eigenvalue weighted by Gasteiger charge is 2.28. The first-order valence-electron chi connectivity index (χ1n) is 5.73. The molecule has 0 amide bonds. The van der Waals surface area contributed by atoms with Crippen LogP contribution in [0.2, 0.25) is 0 Å². The molecular formula is C11H6N4O7S. The van der Waals surface area contributed by atoms with Crippen molar-refractivity contribution in [1.82, 2.24) is 9.97 Å². The molecule has 0 atom stereocenters. The third-order valence-corrected chi connectivity index (χ3v) is 3.57. The van der Waals surface area contributed by atoms with E-state index in [1.807, 2.05) is 0 Å². The molecule has 0 bridgehead atoms. The summed E-state index contributed by atoms with van der Waals surface area (Å²) in [4.78, 5) is 48.2. The van der Waals surface area contributed by atoms with E-state index in [0.717, 1.165) is 12.3 Å². The van der Waals surface area contributed by atoms with Crippen molar-refractivity contribution in [3.63, 3.8) is 0 Å². The molecule has 0 spiro atoms. The third-order valence-electron chi connectivity index (χ3n) is 2.54. The van der Waals surface area contributed by atoms with Crippen LogP contribution in [0.3, 0.4) is 0 Å². The smallest absolute Gasteiger partial charge is 0.337 e. The van der Waals surface area contributed by atoms with E-state index in [9.17, 15) is 29.8 Å². The van der Waals surface area contributed by atoms with Crippen LogP contribution in [-0.2, 0) is 0 Å². The quantitative estimate of drug-likeness (QED) is 0.465. The van der Waals surface area contributed by atoms with Crippen molar-refractivity contribution in [1.29, 1.82) is 0 Å². The molecule has 0 saturated carbocycles. The molecule has 11 nitrogen and oxygen atoms in total. The van der Waals surface area contributed by atoms with Crippen LogP contribution in [0, 0.1) is 20.2 Å². The predicted octanol–water partition coefficient (Wildman–Crippen LogP) is 1.44. The number of non-ortho nitro benzene ring substituents is 1. The van der Waals surface area contributed by atoms with Gasteiger partial charge in [-0.1, -0.05) is 0 Å². The Bertz CT molecular complexity index is 844. The van der Waals surface area contributed by atoms with Gasteiger partial charge in [-0.05, 0) is 11.8 Å². The van der Waals surface area contributed by atoms with Crippen molar-refractivity contribution in [2.45, 2.75) is 10.1 Å². The summed E-state index contributed by atoms with van der Waals surface area (Å²) in [5, 5.41) is 31.0. The van der Waals surface area contributed by atoms with Gasteiger partial charge in [0.2, 0.25) is 0 Å². The molecule has 118 valence electrons. The zero-order valence-electron chi connectivity index (χ0n) is 11.0. The maximum atomic E-state index is 11.3. The second-order valence-electron chi connectivity index (χ2n) is 4.00. The van der Waals surface area contributed by atoms with Crippen LogP contribution >= 0.6 is 11.8 Å². The average Bonchev–Trinajstić information content (AvgIpc) is 2.46. The van der Waals surface area contributed by atoms with Crippen LogP contribution in [0.1, 0.15) is 10.4 Å². The Labute approximate surface area is 130 Å². The molecule has 0 saturated heterocycles. The summed E-state index contributed by atoms with van der Waals surface area (Å²) in [6.07, 6.45) is 1.14. The molecule has 1 heterocycles. The normalized spacial score (nSPS) is 10.3. The summed E-state index contributed by atoms with van der Waals surface area (Å²) in [5.74, 6) is -1.59. The maximum Gasteiger partial charge on any atom is 0.337 e. The number of aromatic amines is 1. The molecule has 0 fully saturated rings. The van der Waals surface area contributed by atoms with Crippen LogP contribution in [0.5, 0.6) is 0 Å². The number of nitro groups is 2. The molecule has 23 heavy (non-hydrogen) atoms. The number of nitro benzene ring substituents is 2. The number of aromatic carboxylic acids is 1. The van der Waals surface area contributed by atoms with E-state index in [0.29, 0.717) is 23.9 Å². The van der Waals surface area contributed by atoms with Crippen molar-refractivity contribution < 1.29 is 19.7 Å². The van der Waals surface area contributed by atoms with Crippen molar-refractivity contribution in [3.05, 3.63) is 60.5 Å². The number of benzene rings is 1. The minimum Gasteiger partial charge on any atom is -0.478 e. The Morgan fingerprint density at radius 3 is 2.48 bits per heavy atom. The predicted molar refractivity (Wildman–Crippen MR) is 75.7 cm³/mol. The van der Waals surface area contributed by atoms with Gasteiger partial charge >= 0.3 is 5.97 Å². The molecule has 0 unspecified atom stereocenters. The van der Waals surface area contributed by atoms with E-state index >= 15 is 0 Å². The van der Waals surface area contributed by atoms with Crippen molar-refractivity contribution >= 4 is 29.1 Å². The molecule has 0 aliphatic rings. The Morgan fingerprint density at radius 1 is 1.26 bits per heavy atom. The first-order valence-corrected chi connectivity index (χ1v) is 6.54. The highest BCUT2D eigenvalue weighted by Crippen LogP contribution is 2.38. The summed E-state index contributed by atoms with van der Waals surface area (Å²) in [6.45, 7) is 0. The first-order chi connectivity index (χ1) is 10.8. The molecule has 1 aromatic heterocycles. The van der Waals surface area contributed by atoms with Crippen LogP contribution in [0.15, 0.2) is 39.2 Å². The molecule has 0 aliphatic carbocycles. The first kappa shape index (κ1) is 16.1. The van der Waals surface area contributed by atoms with Crippen molar-refractivity contribution in [3.8, 4) is 0 Å². The fourth-order valence-electron chi connectivity index (χ4n) is 1.61. The third kappa shape index (κ3) is 3.49. The Kier molecular flexibility index (Phi) is 4.36. The molecule has 0 radical (unpaired) electrons. The van der Waals surface area contributed by atoms with E-state index in [2.05, 4.69) is 9.97 Å². The molecular weight excluding hydrogens is 332 g/mol. The number of aromatic nitrogens is 2. The van der Waals surface area contributed by atoms with E-state index in [4.69, 9.17) is 5.11 Å². The van der Waals surface area contributed by atoms with Crippen LogP contribution < -0.4 is 5.56 Å². The van der Waals surface area contributed by atoms with Crippen molar-refractivity contribution in [2.24, 2.45) is 0 Å². The number of hydrogen-bond donors (Lipinski definition) is 2. The standard InChI is InChI=1S/C11H6N4O7S/c16-8-1-2-12-11(13-8)23-9-6(10(17)18)3-5(14(19)20)4-7(9)15(21)22/h1-4H,(H,17,18)(H,12,13,16). The molecule has 1 aromatic carbocycles. The number of nitrogens with zero attached hydrogens (tertiary/aromatic N) is 3. The van der Waals surface area contributed by atoms with Crippen LogP contribution in [0.25, 0.3) is 0 Å². The monoisotopic (exact) mass is 338 g/mol. The van der Waals surface area contributed by atoms with E-state index < -0.39 is 38.3 Å². The second kappa shape index (κ2) is 6.23. The molecule has 0 aliphatic heterocycles. The molecule has 2 N–H and O–H groups in total. The Morgan fingerprint density at radius 2 is 1.96 bits per heavy atom. The molecule has 2 rings (SSSR count). The van der Waals surface area contributed by atoms with E-state index in [-0.39, 0.29) is 10.1 Å². The van der Waals surface area contributed by atoms with Gasteiger partial charge in [0.25, 0.3) is 16.9 Å². The highest BCUT2D eigenvalue weighted by molar-refractivity contribution is 7.99. The van der Waals surface area contributed by atoms with E-state index in [1.54, 1.807) is 0 Å². The number of carboxylic acid groups (broad SMARTS) is 1. The summed E-state index contributed by atoms with van der Waals surface area (Å²) in [7, 11) is 0. The van der Waals surface area contributed by atoms with Gasteiger partial charge in [-0.3, -0.25) is 25.0 Å². The lowest BCUT2D eigenvalue weighted by atomic mass is 10.1. The van der Waals surface area contributed by atoms with E-state index in [1.165, 1.54) is 0 Å². The Balaban J connectivity index is 2.68. The Hall–Kier alpha value is -3.28. The maximum absolute atomic E-state index is 11.3. The fraction of sp³-hybridized carbons (Fsp3) is 0. The van der Waals surface area contributed by atoms with Gasteiger partial charge in [0, 0.05) is 18.3 Å². The number of H-pyrrole nitrogens is 1. The lowest BCUT2D eigenvalue weighted by Crippen LogP contribution is -2.07. The summed E-state index contributed by atoms with van der Waals surface area (Å²) >= 11 is 0.520. The average molecular weight is 338 g/mol. The summed E-state index contributed by atoms with van der Waals surface area (Å²) in [6, 6.07) is 2.46. The van der Waals surface area contributed by atoms with Crippen LogP contribution in [-0.4, -0.2) is 30.9 Å². The summed E-state index contributed by atoms with van der Waals surface area (Å²) < 4.78 is 0. The number of nitrogens with one attached hydrogen (secondary N) is 1. The minimum atomic E-state index is -1.59. The highest BCUT2D eigenvalue weighted by atomic mass is 32.2. The fourth-order valence-corrected chi connectivity index (χ4v) is 2.56. The largest absolute Gasteiger partial charge is 0.478 e.